The lowest BCUT2D eigenvalue weighted by molar-refractivity contribution is -0.119. The van der Waals surface area contributed by atoms with Gasteiger partial charge >= 0.3 is 0 Å². The minimum atomic E-state index is -0.250. The molecular weight excluding hydrogens is 308 g/mol. The third-order valence-corrected chi connectivity index (χ3v) is 3.61. The van der Waals surface area contributed by atoms with Crippen molar-refractivity contribution < 1.29 is 19.1 Å². The summed E-state index contributed by atoms with van der Waals surface area (Å²) in [4.78, 5) is 23.4. The summed E-state index contributed by atoms with van der Waals surface area (Å²) in [6.07, 6.45) is 0. The van der Waals surface area contributed by atoms with E-state index in [2.05, 4.69) is 10.6 Å². The molecule has 0 atom stereocenters. The monoisotopic (exact) mass is 326 g/mol. The number of rotatable bonds is 4. The number of benzene rings is 2. The number of nitrogens with one attached hydrogen (secondary N) is 2. The zero-order valence-corrected chi connectivity index (χ0v) is 13.5. The van der Waals surface area contributed by atoms with Crippen molar-refractivity contribution in [1.82, 2.24) is 0 Å². The largest absolute Gasteiger partial charge is 0.484 e. The molecule has 0 fully saturated rings. The highest BCUT2D eigenvalue weighted by Gasteiger charge is 2.16. The van der Waals surface area contributed by atoms with E-state index in [-0.39, 0.29) is 25.0 Å². The molecule has 0 radical (unpaired) electrons. The minimum Gasteiger partial charge on any atom is -0.484 e. The highest BCUT2D eigenvalue weighted by Crippen LogP contribution is 2.31. The maximum absolute atomic E-state index is 12.0. The van der Waals surface area contributed by atoms with Crippen LogP contribution in [0.2, 0.25) is 0 Å². The van der Waals surface area contributed by atoms with Crippen molar-refractivity contribution in [3.63, 3.8) is 0 Å². The fraction of sp³-hybridized carbons (Fsp3) is 0.222. The summed E-state index contributed by atoms with van der Waals surface area (Å²) in [7, 11) is 0. The quantitative estimate of drug-likeness (QED) is 0.905. The van der Waals surface area contributed by atoms with Gasteiger partial charge < -0.3 is 20.1 Å². The molecule has 1 heterocycles. The SMILES string of the molecule is Cc1ccc(NC(=O)COc2ccc3c(c2)NC(=O)CO3)c(C)c1. The second-order valence-electron chi connectivity index (χ2n) is 5.65. The number of aryl methyl sites for hydroxylation is 2. The summed E-state index contributed by atoms with van der Waals surface area (Å²) in [5.74, 6) is 0.601. The van der Waals surface area contributed by atoms with Gasteiger partial charge in [-0.15, -0.1) is 0 Å². The number of hydrogen-bond donors (Lipinski definition) is 2. The normalized spacial score (nSPS) is 12.7. The molecule has 0 aliphatic carbocycles. The van der Waals surface area contributed by atoms with Crippen LogP contribution in [0, 0.1) is 13.8 Å². The molecule has 2 amide bonds. The summed E-state index contributed by atoms with van der Waals surface area (Å²) in [6.45, 7) is 3.82. The first-order valence-electron chi connectivity index (χ1n) is 7.58. The van der Waals surface area contributed by atoms with Crippen LogP contribution in [-0.4, -0.2) is 25.0 Å². The number of fused-ring (bicyclic) bond motifs is 1. The molecule has 3 rings (SSSR count). The molecule has 2 N–H and O–H groups in total. The molecule has 6 heteroatoms. The molecule has 0 spiro atoms. The van der Waals surface area contributed by atoms with Gasteiger partial charge in [0.25, 0.3) is 11.8 Å². The predicted molar refractivity (Wildman–Crippen MR) is 90.6 cm³/mol. The molecule has 0 bridgehead atoms. The van der Waals surface area contributed by atoms with Gasteiger partial charge in [0.2, 0.25) is 0 Å². The number of hydrogen-bond acceptors (Lipinski definition) is 4. The van der Waals surface area contributed by atoms with Crippen LogP contribution in [0.4, 0.5) is 11.4 Å². The maximum Gasteiger partial charge on any atom is 0.262 e. The first-order valence-corrected chi connectivity index (χ1v) is 7.58. The van der Waals surface area contributed by atoms with Crippen LogP contribution in [0.3, 0.4) is 0 Å². The first kappa shape index (κ1) is 15.9. The lowest BCUT2D eigenvalue weighted by Crippen LogP contribution is -2.25. The standard InChI is InChI=1S/C18H18N2O4/c1-11-3-5-14(12(2)7-11)19-17(21)9-23-13-4-6-16-15(8-13)20-18(22)10-24-16/h3-8H,9-10H2,1-2H3,(H,19,21)(H,20,22). The Morgan fingerprint density at radius 1 is 1.25 bits per heavy atom. The van der Waals surface area contributed by atoms with E-state index < -0.39 is 0 Å². The Kier molecular flexibility index (Phi) is 4.37. The summed E-state index contributed by atoms with van der Waals surface area (Å²) in [5, 5.41) is 5.51. The van der Waals surface area contributed by atoms with Gasteiger partial charge in [-0.2, -0.15) is 0 Å². The lowest BCUT2D eigenvalue weighted by atomic mass is 10.1. The van der Waals surface area contributed by atoms with Crippen LogP contribution in [0.5, 0.6) is 11.5 Å². The van der Waals surface area contributed by atoms with Crippen molar-refractivity contribution >= 4 is 23.2 Å². The van der Waals surface area contributed by atoms with Gasteiger partial charge in [-0.3, -0.25) is 9.59 Å². The van der Waals surface area contributed by atoms with Gasteiger partial charge in [0.05, 0.1) is 5.69 Å². The molecule has 24 heavy (non-hydrogen) atoms. The van der Waals surface area contributed by atoms with E-state index in [1.807, 2.05) is 32.0 Å². The zero-order chi connectivity index (χ0) is 17.1. The molecule has 0 saturated carbocycles. The average molecular weight is 326 g/mol. The van der Waals surface area contributed by atoms with E-state index in [1.165, 1.54) is 0 Å². The number of carbonyl (C=O) groups is 2. The lowest BCUT2D eigenvalue weighted by Gasteiger charge is -2.18. The van der Waals surface area contributed by atoms with E-state index in [4.69, 9.17) is 9.47 Å². The Morgan fingerprint density at radius 3 is 2.88 bits per heavy atom. The van der Waals surface area contributed by atoms with Crippen molar-refractivity contribution in [3.8, 4) is 11.5 Å². The van der Waals surface area contributed by atoms with E-state index in [0.29, 0.717) is 17.2 Å². The van der Waals surface area contributed by atoms with E-state index in [9.17, 15) is 9.59 Å². The number of carbonyl (C=O) groups excluding carboxylic acids is 2. The molecule has 124 valence electrons. The second-order valence-corrected chi connectivity index (χ2v) is 5.65. The second kappa shape index (κ2) is 6.62. The Morgan fingerprint density at radius 2 is 2.08 bits per heavy atom. The summed E-state index contributed by atoms with van der Waals surface area (Å²) in [6, 6.07) is 10.8. The van der Waals surface area contributed by atoms with Crippen molar-refractivity contribution in [2.45, 2.75) is 13.8 Å². The molecule has 2 aromatic carbocycles. The molecule has 6 nitrogen and oxygen atoms in total. The van der Waals surface area contributed by atoms with Crippen LogP contribution in [0.15, 0.2) is 36.4 Å². The fourth-order valence-electron chi connectivity index (χ4n) is 2.44. The highest BCUT2D eigenvalue weighted by molar-refractivity contribution is 5.95. The van der Waals surface area contributed by atoms with Gasteiger partial charge in [-0.1, -0.05) is 17.7 Å². The van der Waals surface area contributed by atoms with Crippen molar-refractivity contribution in [2.24, 2.45) is 0 Å². The minimum absolute atomic E-state index is 0.00547. The number of amides is 2. The maximum atomic E-state index is 12.0. The molecule has 1 aliphatic heterocycles. The Labute approximate surface area is 139 Å². The third kappa shape index (κ3) is 3.65. The molecule has 0 aromatic heterocycles. The smallest absolute Gasteiger partial charge is 0.262 e. The van der Waals surface area contributed by atoms with Gasteiger partial charge in [0.15, 0.2) is 13.2 Å². The summed E-state index contributed by atoms with van der Waals surface area (Å²) in [5.41, 5.74) is 3.44. The fourth-order valence-corrected chi connectivity index (χ4v) is 2.44. The van der Waals surface area contributed by atoms with Gasteiger partial charge in [0, 0.05) is 11.8 Å². The topological polar surface area (TPSA) is 76.7 Å². The van der Waals surface area contributed by atoms with Gasteiger partial charge in [0.1, 0.15) is 11.5 Å². The van der Waals surface area contributed by atoms with Crippen LogP contribution >= 0.6 is 0 Å². The first-order chi connectivity index (χ1) is 11.5. The Hall–Kier alpha value is -3.02. The molecule has 2 aromatic rings. The van der Waals surface area contributed by atoms with Crippen molar-refractivity contribution in [2.75, 3.05) is 23.8 Å². The molecule has 0 unspecified atom stereocenters. The van der Waals surface area contributed by atoms with Crippen molar-refractivity contribution in [1.29, 1.82) is 0 Å². The van der Waals surface area contributed by atoms with E-state index in [0.717, 1.165) is 16.8 Å². The Bertz CT molecular complexity index is 802. The van der Waals surface area contributed by atoms with Gasteiger partial charge in [-0.05, 0) is 37.6 Å². The van der Waals surface area contributed by atoms with Crippen LogP contribution in [0.1, 0.15) is 11.1 Å². The molecular formula is C18H18N2O4. The third-order valence-electron chi connectivity index (χ3n) is 3.61. The average Bonchev–Trinajstić information content (AvgIpc) is 2.55. The highest BCUT2D eigenvalue weighted by atomic mass is 16.5. The zero-order valence-electron chi connectivity index (χ0n) is 13.5. The van der Waals surface area contributed by atoms with Crippen LogP contribution < -0.4 is 20.1 Å². The molecule has 1 aliphatic rings. The van der Waals surface area contributed by atoms with Gasteiger partial charge in [-0.25, -0.2) is 0 Å². The summed E-state index contributed by atoms with van der Waals surface area (Å²) >= 11 is 0. The predicted octanol–water partition coefficient (Wildman–Crippen LogP) is 2.65. The van der Waals surface area contributed by atoms with Crippen LogP contribution in [0.25, 0.3) is 0 Å². The number of ether oxygens (including phenoxy) is 2. The summed E-state index contributed by atoms with van der Waals surface area (Å²) < 4.78 is 10.8. The Balaban J connectivity index is 1.60. The number of anilines is 2. The van der Waals surface area contributed by atoms with Crippen molar-refractivity contribution in [3.05, 3.63) is 47.5 Å². The van der Waals surface area contributed by atoms with E-state index in [1.54, 1.807) is 18.2 Å². The van der Waals surface area contributed by atoms with E-state index >= 15 is 0 Å². The molecule has 0 saturated heterocycles. The van der Waals surface area contributed by atoms with Crippen LogP contribution in [-0.2, 0) is 9.59 Å².